The number of benzene rings is 2. The van der Waals surface area contributed by atoms with Gasteiger partial charge in [-0.2, -0.15) is 4.98 Å². The van der Waals surface area contributed by atoms with E-state index < -0.39 is 10.0 Å². The van der Waals surface area contributed by atoms with Crippen LogP contribution in [0.5, 0.6) is 5.75 Å². The van der Waals surface area contributed by atoms with Crippen LogP contribution in [-0.4, -0.2) is 31.4 Å². The maximum atomic E-state index is 12.1. The first-order valence-electron chi connectivity index (χ1n) is 8.06. The summed E-state index contributed by atoms with van der Waals surface area (Å²) in [5.41, 5.74) is 1.30. The molecule has 0 aliphatic heterocycles. The first kappa shape index (κ1) is 17.9. The fourth-order valence-electron chi connectivity index (χ4n) is 2.42. The van der Waals surface area contributed by atoms with Crippen molar-refractivity contribution in [3.8, 4) is 17.1 Å². The Balaban J connectivity index is 1.82. The van der Waals surface area contributed by atoms with E-state index in [1.807, 2.05) is 37.3 Å². The quantitative estimate of drug-likeness (QED) is 0.633. The molecule has 0 N–H and O–H groups in total. The molecule has 0 fully saturated rings. The summed E-state index contributed by atoms with van der Waals surface area (Å²) in [5.74, 6) is 1.36. The zero-order valence-electron chi connectivity index (χ0n) is 14.5. The third-order valence-electron chi connectivity index (χ3n) is 3.61. The van der Waals surface area contributed by atoms with E-state index in [0.29, 0.717) is 18.1 Å². The van der Waals surface area contributed by atoms with E-state index >= 15 is 0 Å². The van der Waals surface area contributed by atoms with Crippen LogP contribution in [0.25, 0.3) is 11.4 Å². The Bertz CT molecular complexity index is 954. The van der Waals surface area contributed by atoms with Crippen molar-refractivity contribution in [3.05, 3.63) is 60.5 Å². The van der Waals surface area contributed by atoms with Gasteiger partial charge in [-0.25, -0.2) is 8.42 Å². The molecule has 0 spiro atoms. The maximum absolute atomic E-state index is 12.1. The molecule has 0 radical (unpaired) electrons. The van der Waals surface area contributed by atoms with Crippen molar-refractivity contribution in [3.63, 3.8) is 0 Å². The van der Waals surface area contributed by atoms with Crippen LogP contribution in [0, 0.1) is 0 Å². The summed E-state index contributed by atoms with van der Waals surface area (Å²) in [5, 5.41) is 3.94. The minimum Gasteiger partial charge on any atom is -0.494 e. The summed E-state index contributed by atoms with van der Waals surface area (Å²) in [4.78, 5) is 4.31. The van der Waals surface area contributed by atoms with Gasteiger partial charge in [0, 0.05) is 5.56 Å². The molecule has 7 nitrogen and oxygen atoms in total. The zero-order chi connectivity index (χ0) is 18.6. The van der Waals surface area contributed by atoms with Gasteiger partial charge >= 0.3 is 0 Å². The third kappa shape index (κ3) is 4.20. The van der Waals surface area contributed by atoms with Crippen LogP contribution < -0.4 is 9.04 Å². The van der Waals surface area contributed by atoms with Crippen LogP contribution in [0.4, 0.5) is 5.69 Å². The highest BCUT2D eigenvalue weighted by molar-refractivity contribution is 7.92. The van der Waals surface area contributed by atoms with Crippen LogP contribution in [0.1, 0.15) is 12.8 Å². The van der Waals surface area contributed by atoms with E-state index in [4.69, 9.17) is 9.26 Å². The van der Waals surface area contributed by atoms with Gasteiger partial charge in [0.25, 0.3) is 0 Å². The molecule has 0 amide bonds. The Morgan fingerprint density at radius 1 is 1.08 bits per heavy atom. The normalized spacial score (nSPS) is 11.3. The first-order chi connectivity index (χ1) is 12.5. The zero-order valence-corrected chi connectivity index (χ0v) is 15.3. The number of nitrogens with zero attached hydrogens (tertiary/aromatic N) is 3. The van der Waals surface area contributed by atoms with Gasteiger partial charge in [0.1, 0.15) is 12.3 Å². The monoisotopic (exact) mass is 373 g/mol. The molecule has 0 saturated carbocycles. The van der Waals surface area contributed by atoms with Crippen molar-refractivity contribution >= 4 is 15.7 Å². The van der Waals surface area contributed by atoms with E-state index in [2.05, 4.69) is 10.1 Å². The van der Waals surface area contributed by atoms with Crippen molar-refractivity contribution in [2.75, 3.05) is 17.2 Å². The highest BCUT2D eigenvalue weighted by atomic mass is 32.2. The first-order valence-corrected chi connectivity index (χ1v) is 9.91. The van der Waals surface area contributed by atoms with Crippen molar-refractivity contribution < 1.29 is 17.7 Å². The number of ether oxygens (including phenoxy) is 1. The predicted octanol–water partition coefficient (Wildman–Crippen LogP) is 3.10. The molecule has 3 rings (SSSR count). The molecule has 8 heteroatoms. The largest absolute Gasteiger partial charge is 0.494 e. The van der Waals surface area contributed by atoms with Crippen LogP contribution in [0.15, 0.2) is 59.1 Å². The fraction of sp³-hybridized carbons (Fsp3) is 0.222. The van der Waals surface area contributed by atoms with Crippen molar-refractivity contribution in [2.45, 2.75) is 13.5 Å². The summed E-state index contributed by atoms with van der Waals surface area (Å²) in [6, 6.07) is 16.1. The van der Waals surface area contributed by atoms with Gasteiger partial charge in [-0.1, -0.05) is 23.4 Å². The Kier molecular flexibility index (Phi) is 5.22. The van der Waals surface area contributed by atoms with Gasteiger partial charge in [0.05, 0.1) is 18.6 Å². The molecular weight excluding hydrogens is 354 g/mol. The number of para-hydroxylation sites is 1. The van der Waals surface area contributed by atoms with Gasteiger partial charge in [-0.15, -0.1) is 0 Å². The molecule has 0 aliphatic rings. The molecule has 0 atom stereocenters. The number of rotatable bonds is 7. The summed E-state index contributed by atoms with van der Waals surface area (Å²) in [6.45, 7) is 2.47. The number of hydrogen-bond donors (Lipinski definition) is 0. The minimum atomic E-state index is -3.49. The predicted molar refractivity (Wildman–Crippen MR) is 98.4 cm³/mol. The Morgan fingerprint density at radius 2 is 1.77 bits per heavy atom. The summed E-state index contributed by atoms with van der Waals surface area (Å²) >= 11 is 0. The summed E-state index contributed by atoms with van der Waals surface area (Å²) in [7, 11) is -3.49. The molecule has 1 aromatic heterocycles. The van der Waals surface area contributed by atoms with E-state index in [0.717, 1.165) is 17.6 Å². The lowest BCUT2D eigenvalue weighted by atomic mass is 10.2. The smallest absolute Gasteiger partial charge is 0.247 e. The number of sulfonamides is 1. The standard InChI is InChI=1S/C18H19N3O4S/c1-3-24-16-11-9-14(10-12-16)18-19-17(25-20-18)13-21(26(2,22)23)15-7-5-4-6-8-15/h4-12H,3,13H2,1-2H3. The van der Waals surface area contributed by atoms with Crippen molar-refractivity contribution in [1.29, 1.82) is 0 Å². The molecule has 0 aliphatic carbocycles. The Hall–Kier alpha value is -2.87. The van der Waals surface area contributed by atoms with E-state index in [9.17, 15) is 8.42 Å². The average Bonchev–Trinajstić information content (AvgIpc) is 3.09. The number of hydrogen-bond acceptors (Lipinski definition) is 6. The van der Waals surface area contributed by atoms with Crippen LogP contribution in [0.2, 0.25) is 0 Å². The molecule has 0 unspecified atom stereocenters. The van der Waals surface area contributed by atoms with Gasteiger partial charge < -0.3 is 9.26 Å². The van der Waals surface area contributed by atoms with Crippen molar-refractivity contribution in [1.82, 2.24) is 10.1 Å². The number of aromatic nitrogens is 2. The second-order valence-electron chi connectivity index (χ2n) is 5.57. The Labute approximate surface area is 152 Å². The van der Waals surface area contributed by atoms with Crippen LogP contribution in [-0.2, 0) is 16.6 Å². The van der Waals surface area contributed by atoms with Gasteiger partial charge in [-0.3, -0.25) is 4.31 Å². The van der Waals surface area contributed by atoms with Crippen LogP contribution >= 0.6 is 0 Å². The lowest BCUT2D eigenvalue weighted by molar-refractivity contribution is 0.340. The summed E-state index contributed by atoms with van der Waals surface area (Å²) < 4.78 is 36.1. The highest BCUT2D eigenvalue weighted by Gasteiger charge is 2.21. The van der Waals surface area contributed by atoms with Crippen LogP contribution in [0.3, 0.4) is 0 Å². The lowest BCUT2D eigenvalue weighted by Gasteiger charge is -2.20. The second-order valence-corrected chi connectivity index (χ2v) is 7.48. The summed E-state index contributed by atoms with van der Waals surface area (Å²) in [6.07, 6.45) is 1.14. The molecule has 1 heterocycles. The molecule has 3 aromatic rings. The second kappa shape index (κ2) is 7.57. The Morgan fingerprint density at radius 3 is 2.38 bits per heavy atom. The van der Waals surface area contributed by atoms with E-state index in [1.165, 1.54) is 4.31 Å². The minimum absolute atomic E-state index is 0.0348. The van der Waals surface area contributed by atoms with Gasteiger partial charge in [-0.05, 0) is 43.3 Å². The molecule has 0 saturated heterocycles. The topological polar surface area (TPSA) is 85.5 Å². The van der Waals surface area contributed by atoms with Crippen molar-refractivity contribution in [2.24, 2.45) is 0 Å². The lowest BCUT2D eigenvalue weighted by Crippen LogP contribution is -2.29. The number of anilines is 1. The molecule has 136 valence electrons. The third-order valence-corrected chi connectivity index (χ3v) is 4.76. The molecular formula is C18H19N3O4S. The molecule has 0 bridgehead atoms. The highest BCUT2D eigenvalue weighted by Crippen LogP contribution is 2.23. The maximum Gasteiger partial charge on any atom is 0.247 e. The molecule has 2 aromatic carbocycles. The van der Waals surface area contributed by atoms with Gasteiger partial charge in [0.2, 0.25) is 21.7 Å². The fourth-order valence-corrected chi connectivity index (χ4v) is 3.27. The SMILES string of the molecule is CCOc1ccc(-c2noc(CN(c3ccccc3)S(C)(=O)=O)n2)cc1. The molecule has 26 heavy (non-hydrogen) atoms. The van der Waals surface area contributed by atoms with E-state index in [1.54, 1.807) is 24.3 Å². The van der Waals surface area contributed by atoms with Gasteiger partial charge in [0.15, 0.2) is 0 Å². The average molecular weight is 373 g/mol. The van der Waals surface area contributed by atoms with E-state index in [-0.39, 0.29) is 12.4 Å².